The third kappa shape index (κ3) is 14.6. The number of Topliss-reactive ketones (excluding diaryl/α,β-unsaturated/α-hetero) is 3. The Morgan fingerprint density at radius 2 is 1.58 bits per heavy atom. The Bertz CT molecular complexity index is 1840. The standard InChI is InChI=1S/C53H81NO13/c1-31-15-11-10-12-16-32(2)44(65-39-21-22-39)29-40-20-18-37(7)53(62,67-40)50(59)51(60)54-24-14-13-17-41(54)52(61)66-45(34(4)27-38-19-23-42(55)46(28-38)63-8)30-43(56)33(3)26-36(6)48(58)49(64-9)47(57)35(5)25-31/h10-12,15-16,26,31,33-35,37-42,44-46,48-49,55,58,62H,13-14,17-25,27-30H2,1-9H3/b12-10+,15-11+,32-16+,36-26+/t31-,33-,34-,35-,37-,38+,40+,41?,42-,44?,45+,46-,48-,49+,53-/m1/s1. The van der Waals surface area contributed by atoms with E-state index in [4.69, 9.17) is 23.7 Å². The summed E-state index contributed by atoms with van der Waals surface area (Å²) in [5.41, 5.74) is 1.33. The number of hydrogen-bond acceptors (Lipinski definition) is 13. The molecule has 2 aliphatic carbocycles. The number of hydrogen-bond donors (Lipinski definition) is 3. The van der Waals surface area contributed by atoms with Crippen molar-refractivity contribution in [3.63, 3.8) is 0 Å². The smallest absolute Gasteiger partial charge is 0.329 e. The summed E-state index contributed by atoms with van der Waals surface area (Å²) in [7, 11) is 2.95. The van der Waals surface area contributed by atoms with Crippen molar-refractivity contribution in [1.29, 1.82) is 0 Å². The summed E-state index contributed by atoms with van der Waals surface area (Å²) in [4.78, 5) is 72.2. The summed E-state index contributed by atoms with van der Waals surface area (Å²) >= 11 is 0. The average molecular weight is 940 g/mol. The van der Waals surface area contributed by atoms with Crippen LogP contribution in [0.4, 0.5) is 0 Å². The number of methoxy groups -OCH3 is 2. The van der Waals surface area contributed by atoms with Gasteiger partial charge in [0.05, 0.1) is 30.5 Å². The van der Waals surface area contributed by atoms with E-state index in [-0.39, 0.29) is 67.0 Å². The Hall–Kier alpha value is -3.37. The van der Waals surface area contributed by atoms with Gasteiger partial charge in [0.15, 0.2) is 5.78 Å². The van der Waals surface area contributed by atoms with Crippen molar-refractivity contribution in [3.8, 4) is 0 Å². The Balaban J connectivity index is 1.47. The van der Waals surface area contributed by atoms with E-state index in [0.717, 1.165) is 24.8 Å². The molecular formula is C53H81NO13. The van der Waals surface area contributed by atoms with E-state index in [0.29, 0.717) is 63.4 Å². The van der Waals surface area contributed by atoms with E-state index in [9.17, 15) is 39.3 Å². The minimum Gasteiger partial charge on any atom is -0.460 e. The number of ether oxygens (including phenoxy) is 5. The van der Waals surface area contributed by atoms with Gasteiger partial charge in [-0.2, -0.15) is 0 Å². The first-order valence-corrected chi connectivity index (χ1v) is 25.1. The van der Waals surface area contributed by atoms with Gasteiger partial charge in [0.25, 0.3) is 11.7 Å². The number of aliphatic hydroxyl groups is 3. The van der Waals surface area contributed by atoms with Crippen LogP contribution in [0.3, 0.4) is 0 Å². The lowest BCUT2D eigenvalue weighted by Crippen LogP contribution is -2.61. The molecule has 1 amide bonds. The molecule has 3 N–H and O–H groups in total. The second-order valence-electron chi connectivity index (χ2n) is 20.7. The first kappa shape index (κ1) is 54.6. The van der Waals surface area contributed by atoms with Gasteiger partial charge in [-0.15, -0.1) is 0 Å². The van der Waals surface area contributed by atoms with Gasteiger partial charge in [0, 0.05) is 51.4 Å². The van der Waals surface area contributed by atoms with Crippen LogP contribution in [-0.4, -0.2) is 131 Å². The number of esters is 1. The number of cyclic esters (lactones) is 1. The summed E-state index contributed by atoms with van der Waals surface area (Å²) in [5.74, 6) is -7.89. The van der Waals surface area contributed by atoms with Crippen molar-refractivity contribution in [2.24, 2.45) is 35.5 Å². The first-order valence-electron chi connectivity index (χ1n) is 25.1. The fraction of sp³-hybridized carbons (Fsp3) is 0.755. The normalized spacial score (nSPS) is 40.7. The van der Waals surface area contributed by atoms with E-state index >= 15 is 0 Å². The zero-order valence-corrected chi connectivity index (χ0v) is 41.6. The number of allylic oxidation sites excluding steroid dienone is 6. The summed E-state index contributed by atoms with van der Waals surface area (Å²) < 4.78 is 30.1. The van der Waals surface area contributed by atoms with Crippen molar-refractivity contribution in [3.05, 3.63) is 47.6 Å². The molecule has 2 bridgehead atoms. The van der Waals surface area contributed by atoms with Gasteiger partial charge in [-0.05, 0) is 120 Å². The maximum Gasteiger partial charge on any atom is 0.329 e. The van der Waals surface area contributed by atoms with Crippen LogP contribution < -0.4 is 0 Å². The Morgan fingerprint density at radius 3 is 2.27 bits per heavy atom. The van der Waals surface area contributed by atoms with Crippen LogP contribution in [0.5, 0.6) is 0 Å². The van der Waals surface area contributed by atoms with Gasteiger partial charge in [-0.1, -0.05) is 71.1 Å². The quantitative estimate of drug-likeness (QED) is 0.139. The highest BCUT2D eigenvalue weighted by atomic mass is 16.6. The minimum atomic E-state index is -2.42. The molecule has 67 heavy (non-hydrogen) atoms. The van der Waals surface area contributed by atoms with Gasteiger partial charge in [-0.25, -0.2) is 4.79 Å². The number of ketones is 3. The van der Waals surface area contributed by atoms with Crippen LogP contribution in [0.25, 0.3) is 0 Å². The number of carbonyl (C=O) groups is 5. The zero-order valence-electron chi connectivity index (χ0n) is 41.6. The molecule has 3 aliphatic heterocycles. The van der Waals surface area contributed by atoms with Crippen molar-refractivity contribution >= 4 is 29.2 Å². The van der Waals surface area contributed by atoms with Crippen LogP contribution in [0.1, 0.15) is 138 Å². The number of piperidine rings is 1. The summed E-state index contributed by atoms with van der Waals surface area (Å²) in [6.45, 7) is 12.9. The van der Waals surface area contributed by atoms with Crippen LogP contribution in [0.2, 0.25) is 0 Å². The first-order chi connectivity index (χ1) is 31.8. The minimum absolute atomic E-state index is 0.0232. The molecule has 0 spiro atoms. The number of carbonyl (C=O) groups excluding carboxylic acids is 5. The fourth-order valence-electron chi connectivity index (χ4n) is 10.4. The molecule has 5 aliphatic rings. The molecule has 0 radical (unpaired) electrons. The summed E-state index contributed by atoms with van der Waals surface area (Å²) in [6, 6.07) is -1.14. The topological polar surface area (TPSA) is 195 Å². The highest BCUT2D eigenvalue weighted by Gasteiger charge is 2.53. The van der Waals surface area contributed by atoms with E-state index < -0.39 is 77.8 Å². The fourth-order valence-corrected chi connectivity index (χ4v) is 10.4. The molecular weight excluding hydrogens is 859 g/mol. The molecule has 5 rings (SSSR count). The van der Waals surface area contributed by atoms with Gasteiger partial charge < -0.3 is 43.9 Å². The van der Waals surface area contributed by atoms with Crippen LogP contribution in [0.15, 0.2) is 47.6 Å². The SMILES string of the molecule is CO[C@@H]1C[C@H](C[C@@H](C)[C@@H]2CC(=O)[C@H](C)/C=C(\C)[C@@H](O)[C@@H](OC)C(=O)[C@H](C)C[C@H](C)/C=C/C=C/C=C(\C)C(OC3CC3)C[C@@H]3CC[C@@H](C)[C@@](O)(O3)C(=O)C(=O)N3CCCCC3C(=O)O2)CC[C@H]1O. The highest BCUT2D eigenvalue weighted by molar-refractivity contribution is 6.39. The van der Waals surface area contributed by atoms with Crippen LogP contribution >= 0.6 is 0 Å². The average Bonchev–Trinajstić information content (AvgIpc) is 4.13. The summed E-state index contributed by atoms with van der Waals surface area (Å²) in [5, 5.41) is 34.0. The molecule has 15 atom stereocenters. The Kier molecular flexibility index (Phi) is 20.3. The van der Waals surface area contributed by atoms with E-state index in [1.54, 1.807) is 34.0 Å². The number of amides is 1. The van der Waals surface area contributed by atoms with Gasteiger partial charge in [0.2, 0.25) is 5.79 Å². The maximum atomic E-state index is 14.4. The van der Waals surface area contributed by atoms with Crippen molar-refractivity contribution in [2.75, 3.05) is 20.8 Å². The Labute approximate surface area is 398 Å². The molecule has 0 aromatic rings. The molecule has 14 heteroatoms. The molecule has 0 aromatic carbocycles. The molecule has 0 aromatic heterocycles. The molecule has 376 valence electrons. The number of rotatable bonds is 7. The monoisotopic (exact) mass is 940 g/mol. The molecule has 14 nitrogen and oxygen atoms in total. The molecule has 2 saturated heterocycles. The van der Waals surface area contributed by atoms with E-state index in [2.05, 4.69) is 0 Å². The Morgan fingerprint density at radius 1 is 0.851 bits per heavy atom. The van der Waals surface area contributed by atoms with E-state index in [1.165, 1.54) is 12.0 Å². The number of aliphatic hydroxyl groups excluding tert-OH is 2. The third-order valence-electron chi connectivity index (χ3n) is 15.1. The largest absolute Gasteiger partial charge is 0.460 e. The van der Waals surface area contributed by atoms with Crippen molar-refractivity contribution in [2.45, 2.75) is 199 Å². The van der Waals surface area contributed by atoms with Gasteiger partial charge in [0.1, 0.15) is 30.1 Å². The van der Waals surface area contributed by atoms with Gasteiger partial charge >= 0.3 is 5.97 Å². The predicted molar refractivity (Wildman–Crippen MR) is 252 cm³/mol. The number of fused-ring (bicyclic) bond motifs is 3. The molecule has 2 unspecified atom stereocenters. The molecule has 4 fully saturated rings. The second kappa shape index (κ2) is 25.0. The van der Waals surface area contributed by atoms with Crippen LogP contribution in [0, 0.1) is 35.5 Å². The third-order valence-corrected chi connectivity index (χ3v) is 15.1. The van der Waals surface area contributed by atoms with Gasteiger partial charge in [-0.3, -0.25) is 19.2 Å². The highest BCUT2D eigenvalue weighted by Crippen LogP contribution is 2.39. The zero-order chi connectivity index (χ0) is 49.2. The van der Waals surface area contributed by atoms with E-state index in [1.807, 2.05) is 58.1 Å². The lowest BCUT2D eigenvalue weighted by Gasteiger charge is -2.43. The summed E-state index contributed by atoms with van der Waals surface area (Å²) in [6.07, 6.45) is 13.5. The van der Waals surface area contributed by atoms with Crippen molar-refractivity contribution < 1.29 is 63.0 Å². The lowest BCUT2D eigenvalue weighted by atomic mass is 9.78. The second-order valence-corrected chi connectivity index (χ2v) is 20.7. The van der Waals surface area contributed by atoms with Crippen LogP contribution in [-0.2, 0) is 47.7 Å². The molecule has 3 heterocycles. The lowest BCUT2D eigenvalue weighted by molar-refractivity contribution is -0.266. The predicted octanol–water partition coefficient (Wildman–Crippen LogP) is 6.71. The molecule has 2 saturated carbocycles. The number of nitrogens with zero attached hydrogens (tertiary/aromatic N) is 1. The maximum absolute atomic E-state index is 14.4. The van der Waals surface area contributed by atoms with Crippen molar-refractivity contribution in [1.82, 2.24) is 4.90 Å².